The number of amides is 1. The number of methoxy groups -OCH3 is 1. The number of likely N-dealkylation sites (tertiary alicyclic amines) is 1. The monoisotopic (exact) mass is 356 g/mol. The second-order valence-corrected chi connectivity index (χ2v) is 7.09. The number of hydrogen-bond acceptors (Lipinski definition) is 5. The van der Waals surface area contributed by atoms with Crippen LogP contribution in [-0.4, -0.2) is 57.2 Å². The van der Waals surface area contributed by atoms with Gasteiger partial charge in [0, 0.05) is 38.0 Å². The minimum atomic E-state index is -0.288. The standard InChI is InChI=1S/C19H24N4O3/c1-13-17(22-12-21-13)18(24)23-10-8-19(25-2)7-6-14(11-15(19)23)26-16-5-3-4-9-20-16/h3-5,9,12,14-15H,6-8,10-11H2,1-2H3,(H,21,22)/t14-,15-,19+/m0/s1. The second kappa shape index (κ2) is 6.72. The number of nitrogens with zero attached hydrogens (tertiary/aromatic N) is 3. The first kappa shape index (κ1) is 17.0. The Hall–Kier alpha value is -2.41. The SMILES string of the molecule is CO[C@@]12CC[C@H](Oc3ccccn3)C[C@@H]1N(C(=O)c1nc[nH]c1C)CC2. The van der Waals surface area contributed by atoms with E-state index in [1.807, 2.05) is 30.0 Å². The maximum absolute atomic E-state index is 13.0. The van der Waals surface area contributed by atoms with Crippen LogP contribution in [0.5, 0.6) is 5.88 Å². The van der Waals surface area contributed by atoms with Gasteiger partial charge in [0.25, 0.3) is 5.91 Å². The molecule has 1 N–H and O–H groups in total. The van der Waals surface area contributed by atoms with Gasteiger partial charge in [-0.05, 0) is 32.3 Å². The molecule has 0 unspecified atom stereocenters. The predicted molar refractivity (Wildman–Crippen MR) is 95.0 cm³/mol. The highest BCUT2D eigenvalue weighted by atomic mass is 16.5. The second-order valence-electron chi connectivity index (χ2n) is 7.09. The third-order valence-corrected chi connectivity index (χ3v) is 5.76. The number of aryl methyl sites for hydroxylation is 1. The molecule has 0 spiro atoms. The molecule has 1 aliphatic carbocycles. The van der Waals surface area contributed by atoms with Crippen LogP contribution in [0.2, 0.25) is 0 Å². The summed E-state index contributed by atoms with van der Waals surface area (Å²) in [6.45, 7) is 2.55. The van der Waals surface area contributed by atoms with E-state index in [9.17, 15) is 4.79 Å². The van der Waals surface area contributed by atoms with Crippen LogP contribution >= 0.6 is 0 Å². The fraction of sp³-hybridized carbons (Fsp3) is 0.526. The number of fused-ring (bicyclic) bond motifs is 1. The molecule has 26 heavy (non-hydrogen) atoms. The van der Waals surface area contributed by atoms with Crippen molar-refractivity contribution in [2.24, 2.45) is 0 Å². The molecule has 1 amide bonds. The number of aromatic amines is 1. The fourth-order valence-corrected chi connectivity index (χ4v) is 4.31. The minimum absolute atomic E-state index is 0.0152. The maximum Gasteiger partial charge on any atom is 0.274 e. The minimum Gasteiger partial charge on any atom is -0.474 e. The summed E-state index contributed by atoms with van der Waals surface area (Å²) >= 11 is 0. The van der Waals surface area contributed by atoms with E-state index in [-0.39, 0.29) is 23.7 Å². The molecule has 0 bridgehead atoms. The van der Waals surface area contributed by atoms with Crippen molar-refractivity contribution in [3.63, 3.8) is 0 Å². The molecule has 2 fully saturated rings. The summed E-state index contributed by atoms with van der Waals surface area (Å²) in [5.41, 5.74) is 0.996. The Kier molecular flexibility index (Phi) is 4.40. The Morgan fingerprint density at radius 3 is 2.92 bits per heavy atom. The average molecular weight is 356 g/mol. The van der Waals surface area contributed by atoms with Gasteiger partial charge in [0.05, 0.1) is 18.0 Å². The third kappa shape index (κ3) is 2.86. The largest absolute Gasteiger partial charge is 0.474 e. The molecule has 2 aromatic heterocycles. The zero-order valence-electron chi connectivity index (χ0n) is 15.1. The molecule has 1 aliphatic heterocycles. The summed E-state index contributed by atoms with van der Waals surface area (Å²) in [6.07, 6.45) is 6.66. The van der Waals surface area contributed by atoms with Crippen LogP contribution in [0.1, 0.15) is 41.9 Å². The van der Waals surface area contributed by atoms with Gasteiger partial charge in [0.1, 0.15) is 11.8 Å². The lowest BCUT2D eigenvalue weighted by Gasteiger charge is -2.43. The number of hydrogen-bond donors (Lipinski definition) is 1. The molecule has 0 aromatic carbocycles. The molecule has 4 rings (SSSR count). The van der Waals surface area contributed by atoms with Crippen molar-refractivity contribution < 1.29 is 14.3 Å². The maximum atomic E-state index is 13.0. The molecular weight excluding hydrogens is 332 g/mol. The lowest BCUT2D eigenvalue weighted by atomic mass is 9.79. The number of rotatable bonds is 4. The van der Waals surface area contributed by atoms with E-state index in [4.69, 9.17) is 9.47 Å². The first-order valence-electron chi connectivity index (χ1n) is 9.07. The van der Waals surface area contributed by atoms with Crippen LogP contribution < -0.4 is 4.74 Å². The summed E-state index contributed by atoms with van der Waals surface area (Å²) in [5, 5.41) is 0. The fourth-order valence-electron chi connectivity index (χ4n) is 4.31. The Labute approximate surface area is 152 Å². The summed E-state index contributed by atoms with van der Waals surface area (Å²) in [7, 11) is 1.75. The normalized spacial score (nSPS) is 28.0. The van der Waals surface area contributed by atoms with Gasteiger partial charge in [0.15, 0.2) is 0 Å². The lowest BCUT2D eigenvalue weighted by Crippen LogP contribution is -2.53. The zero-order valence-corrected chi connectivity index (χ0v) is 15.1. The molecular formula is C19H24N4O3. The van der Waals surface area contributed by atoms with E-state index >= 15 is 0 Å². The summed E-state index contributed by atoms with van der Waals surface area (Å²) in [4.78, 5) is 26.4. The van der Waals surface area contributed by atoms with Crippen LogP contribution in [0, 0.1) is 6.92 Å². The van der Waals surface area contributed by atoms with Gasteiger partial charge in [-0.25, -0.2) is 9.97 Å². The first-order chi connectivity index (χ1) is 12.6. The smallest absolute Gasteiger partial charge is 0.274 e. The molecule has 3 atom stereocenters. The van der Waals surface area contributed by atoms with Gasteiger partial charge in [-0.2, -0.15) is 0 Å². The van der Waals surface area contributed by atoms with Crippen molar-refractivity contribution in [1.29, 1.82) is 0 Å². The Morgan fingerprint density at radius 2 is 2.23 bits per heavy atom. The lowest BCUT2D eigenvalue weighted by molar-refractivity contribution is -0.0789. The van der Waals surface area contributed by atoms with Gasteiger partial charge in [-0.1, -0.05) is 6.07 Å². The highest BCUT2D eigenvalue weighted by Crippen LogP contribution is 2.43. The third-order valence-electron chi connectivity index (χ3n) is 5.76. The molecule has 7 heteroatoms. The Morgan fingerprint density at radius 1 is 1.35 bits per heavy atom. The van der Waals surface area contributed by atoms with Gasteiger partial charge in [-0.15, -0.1) is 0 Å². The van der Waals surface area contributed by atoms with E-state index in [1.165, 1.54) is 0 Å². The number of ether oxygens (including phenoxy) is 2. The Bertz CT molecular complexity index is 778. The average Bonchev–Trinajstić information content (AvgIpc) is 3.26. The zero-order chi connectivity index (χ0) is 18.1. The van der Waals surface area contributed by atoms with E-state index < -0.39 is 0 Å². The van der Waals surface area contributed by atoms with Gasteiger partial charge in [0.2, 0.25) is 5.88 Å². The van der Waals surface area contributed by atoms with Crippen molar-refractivity contribution in [3.05, 3.63) is 42.1 Å². The number of carbonyl (C=O) groups is 1. The molecule has 2 aromatic rings. The van der Waals surface area contributed by atoms with Crippen molar-refractivity contribution in [2.45, 2.75) is 50.4 Å². The van der Waals surface area contributed by atoms with E-state index in [0.717, 1.165) is 31.4 Å². The summed E-state index contributed by atoms with van der Waals surface area (Å²) < 4.78 is 12.0. The quantitative estimate of drug-likeness (QED) is 0.909. The summed E-state index contributed by atoms with van der Waals surface area (Å²) in [6, 6.07) is 5.63. The number of nitrogens with one attached hydrogen (secondary N) is 1. The van der Waals surface area contributed by atoms with E-state index in [1.54, 1.807) is 19.6 Å². The van der Waals surface area contributed by atoms with Crippen LogP contribution in [0.15, 0.2) is 30.7 Å². The van der Waals surface area contributed by atoms with Gasteiger partial charge >= 0.3 is 0 Å². The molecule has 7 nitrogen and oxygen atoms in total. The van der Waals surface area contributed by atoms with Crippen molar-refractivity contribution in [2.75, 3.05) is 13.7 Å². The molecule has 2 aliphatic rings. The van der Waals surface area contributed by atoms with Crippen molar-refractivity contribution >= 4 is 5.91 Å². The number of pyridine rings is 1. The van der Waals surface area contributed by atoms with Crippen LogP contribution in [0.4, 0.5) is 0 Å². The summed E-state index contributed by atoms with van der Waals surface area (Å²) in [5.74, 6) is 0.590. The van der Waals surface area contributed by atoms with E-state index in [2.05, 4.69) is 15.0 Å². The Balaban J connectivity index is 1.55. The first-order valence-corrected chi connectivity index (χ1v) is 9.07. The molecule has 0 radical (unpaired) electrons. The highest BCUT2D eigenvalue weighted by molar-refractivity contribution is 5.94. The van der Waals surface area contributed by atoms with Crippen LogP contribution in [0.25, 0.3) is 0 Å². The highest BCUT2D eigenvalue weighted by Gasteiger charge is 2.53. The van der Waals surface area contributed by atoms with E-state index in [0.29, 0.717) is 18.1 Å². The molecule has 3 heterocycles. The van der Waals surface area contributed by atoms with Crippen LogP contribution in [0.3, 0.4) is 0 Å². The topological polar surface area (TPSA) is 80.3 Å². The van der Waals surface area contributed by atoms with Gasteiger partial charge < -0.3 is 19.4 Å². The number of carbonyl (C=O) groups excluding carboxylic acids is 1. The number of aromatic nitrogens is 3. The molecule has 1 saturated carbocycles. The van der Waals surface area contributed by atoms with Gasteiger partial charge in [-0.3, -0.25) is 4.79 Å². The predicted octanol–water partition coefficient (Wildman–Crippen LogP) is 2.34. The van der Waals surface area contributed by atoms with Crippen molar-refractivity contribution in [3.8, 4) is 5.88 Å². The van der Waals surface area contributed by atoms with Crippen LogP contribution in [-0.2, 0) is 4.74 Å². The number of H-pyrrole nitrogens is 1. The molecule has 1 saturated heterocycles. The van der Waals surface area contributed by atoms with Crippen molar-refractivity contribution in [1.82, 2.24) is 19.9 Å². The molecule has 138 valence electrons. The number of imidazole rings is 1.